The van der Waals surface area contributed by atoms with Crippen molar-refractivity contribution in [1.29, 1.82) is 0 Å². The zero-order valence-corrected chi connectivity index (χ0v) is 16.2. The highest BCUT2D eigenvalue weighted by molar-refractivity contribution is 6.15. The molecule has 0 aromatic heterocycles. The van der Waals surface area contributed by atoms with Gasteiger partial charge < -0.3 is 4.74 Å². The molecule has 1 heterocycles. The van der Waals surface area contributed by atoms with E-state index in [9.17, 15) is 9.59 Å². The molecular formula is C26H22O3. The van der Waals surface area contributed by atoms with E-state index in [0.717, 1.165) is 11.1 Å². The molecule has 2 atom stereocenters. The molecule has 3 nitrogen and oxygen atoms in total. The molecule has 0 fully saturated rings. The Balaban J connectivity index is 1.98. The Morgan fingerprint density at radius 3 is 1.97 bits per heavy atom. The van der Waals surface area contributed by atoms with Gasteiger partial charge in [-0.25, -0.2) is 0 Å². The van der Waals surface area contributed by atoms with Crippen LogP contribution < -0.4 is 0 Å². The number of carbonyl (C=O) groups excluding carboxylic acids is 2. The van der Waals surface area contributed by atoms with Crippen molar-refractivity contribution < 1.29 is 14.3 Å². The molecule has 0 saturated carbocycles. The number of ether oxygens (including phenoxy) is 1. The molecule has 0 unspecified atom stereocenters. The molecule has 0 amide bonds. The van der Waals surface area contributed by atoms with Gasteiger partial charge in [-0.1, -0.05) is 97.9 Å². The van der Waals surface area contributed by atoms with Crippen LogP contribution in [0.2, 0.25) is 0 Å². The van der Waals surface area contributed by atoms with Crippen molar-refractivity contribution >= 4 is 17.5 Å². The Morgan fingerprint density at radius 1 is 0.828 bits per heavy atom. The molecule has 0 aliphatic carbocycles. The number of ketones is 1. The van der Waals surface area contributed by atoms with Gasteiger partial charge in [0.05, 0.1) is 11.5 Å². The van der Waals surface area contributed by atoms with E-state index in [-0.39, 0.29) is 17.7 Å². The first-order valence-electron chi connectivity index (χ1n) is 9.86. The maximum Gasteiger partial charge on any atom is 0.315 e. The van der Waals surface area contributed by atoms with E-state index >= 15 is 0 Å². The first-order valence-corrected chi connectivity index (χ1v) is 9.86. The van der Waals surface area contributed by atoms with Gasteiger partial charge in [0, 0.05) is 17.0 Å². The van der Waals surface area contributed by atoms with Crippen LogP contribution in [0.15, 0.2) is 96.6 Å². The maximum absolute atomic E-state index is 13.7. The third kappa shape index (κ3) is 3.64. The molecule has 4 rings (SSSR count). The lowest BCUT2D eigenvalue weighted by molar-refractivity contribution is -0.143. The maximum atomic E-state index is 13.7. The summed E-state index contributed by atoms with van der Waals surface area (Å²) in [6.45, 7) is 1.96. The van der Waals surface area contributed by atoms with Crippen LogP contribution in [0, 0.1) is 5.92 Å². The molecule has 3 aromatic rings. The summed E-state index contributed by atoms with van der Waals surface area (Å²) in [6, 6.07) is 28.4. The van der Waals surface area contributed by atoms with Crippen LogP contribution >= 0.6 is 0 Å². The van der Waals surface area contributed by atoms with Crippen molar-refractivity contribution in [1.82, 2.24) is 0 Å². The van der Waals surface area contributed by atoms with Crippen LogP contribution in [0.1, 0.15) is 40.7 Å². The lowest BCUT2D eigenvalue weighted by Crippen LogP contribution is -2.33. The summed E-state index contributed by atoms with van der Waals surface area (Å²) in [5.74, 6) is -0.796. The fourth-order valence-electron chi connectivity index (χ4n) is 3.96. The third-order valence-electron chi connectivity index (χ3n) is 5.38. The smallest absolute Gasteiger partial charge is 0.315 e. The molecule has 0 saturated heterocycles. The SMILES string of the molecule is CC[C@H]1C(=O)OC(c2ccccc2)=C(C(=O)c2ccccc2)[C@H]1c1ccccc1. The molecule has 3 heteroatoms. The average molecular weight is 382 g/mol. The zero-order valence-electron chi connectivity index (χ0n) is 16.2. The summed E-state index contributed by atoms with van der Waals surface area (Å²) in [7, 11) is 0. The topological polar surface area (TPSA) is 43.4 Å². The predicted molar refractivity (Wildman–Crippen MR) is 113 cm³/mol. The molecule has 0 bridgehead atoms. The Kier molecular flexibility index (Phi) is 5.39. The van der Waals surface area contributed by atoms with Gasteiger partial charge in [-0.3, -0.25) is 9.59 Å². The molecule has 144 valence electrons. The summed E-state index contributed by atoms with van der Waals surface area (Å²) in [6.07, 6.45) is 0.589. The Morgan fingerprint density at radius 2 is 1.38 bits per heavy atom. The van der Waals surface area contributed by atoms with Gasteiger partial charge in [0.25, 0.3) is 0 Å². The predicted octanol–water partition coefficient (Wildman–Crippen LogP) is 5.65. The number of hydrogen-bond acceptors (Lipinski definition) is 3. The third-order valence-corrected chi connectivity index (χ3v) is 5.38. The van der Waals surface area contributed by atoms with Crippen LogP contribution in [0.5, 0.6) is 0 Å². The van der Waals surface area contributed by atoms with Crippen molar-refractivity contribution in [3.8, 4) is 0 Å². The van der Waals surface area contributed by atoms with Gasteiger partial charge in [-0.2, -0.15) is 0 Å². The fraction of sp³-hybridized carbons (Fsp3) is 0.154. The summed E-state index contributed by atoms with van der Waals surface area (Å²) in [4.78, 5) is 26.6. The lowest BCUT2D eigenvalue weighted by atomic mass is 9.74. The van der Waals surface area contributed by atoms with E-state index < -0.39 is 5.92 Å². The molecule has 29 heavy (non-hydrogen) atoms. The van der Waals surface area contributed by atoms with E-state index in [4.69, 9.17) is 4.74 Å². The molecule has 1 aliphatic rings. The van der Waals surface area contributed by atoms with E-state index in [2.05, 4.69) is 0 Å². The number of rotatable bonds is 5. The van der Waals surface area contributed by atoms with Gasteiger partial charge in [-0.15, -0.1) is 0 Å². The Labute approximate surface area is 170 Å². The summed E-state index contributed by atoms with van der Waals surface area (Å²) >= 11 is 0. The zero-order chi connectivity index (χ0) is 20.2. The standard InChI is InChI=1S/C26H22O3/c1-2-21-22(18-12-6-3-7-13-18)23(24(27)19-14-8-4-9-15-19)25(29-26(21)28)20-16-10-5-11-17-20/h3-17,21-22H,2H2,1H3/t21-,22+/m1/s1. The Hall–Kier alpha value is -3.46. The molecule has 0 N–H and O–H groups in total. The van der Waals surface area contributed by atoms with E-state index in [1.807, 2.05) is 85.8 Å². The summed E-state index contributed by atoms with van der Waals surface area (Å²) < 4.78 is 5.80. The molecule has 3 aromatic carbocycles. The van der Waals surface area contributed by atoms with Crippen LogP contribution in [-0.2, 0) is 9.53 Å². The first kappa shape index (κ1) is 18.9. The van der Waals surface area contributed by atoms with Crippen molar-refractivity contribution in [3.63, 3.8) is 0 Å². The minimum atomic E-state index is -0.410. The number of hydrogen-bond donors (Lipinski definition) is 0. The minimum absolute atomic E-state index is 0.107. The number of benzene rings is 3. The second-order valence-corrected chi connectivity index (χ2v) is 7.13. The number of Topliss-reactive ketones (excluding diaryl/α,β-unsaturated/α-hetero) is 1. The summed E-state index contributed by atoms with van der Waals surface area (Å²) in [5, 5.41) is 0. The number of cyclic esters (lactones) is 1. The largest absolute Gasteiger partial charge is 0.425 e. The second-order valence-electron chi connectivity index (χ2n) is 7.13. The van der Waals surface area contributed by atoms with Crippen LogP contribution in [0.4, 0.5) is 0 Å². The number of esters is 1. The Bertz CT molecular complexity index is 1040. The van der Waals surface area contributed by atoms with Crippen LogP contribution in [-0.4, -0.2) is 11.8 Å². The molecular weight excluding hydrogens is 360 g/mol. The van der Waals surface area contributed by atoms with Crippen molar-refractivity contribution in [2.24, 2.45) is 5.92 Å². The summed E-state index contributed by atoms with van der Waals surface area (Å²) in [5.41, 5.74) is 2.81. The first-order chi connectivity index (χ1) is 14.2. The highest BCUT2D eigenvalue weighted by Gasteiger charge is 2.42. The fourth-order valence-corrected chi connectivity index (χ4v) is 3.96. The average Bonchev–Trinajstić information content (AvgIpc) is 2.79. The lowest BCUT2D eigenvalue weighted by Gasteiger charge is -2.33. The monoisotopic (exact) mass is 382 g/mol. The molecule has 1 aliphatic heterocycles. The highest BCUT2D eigenvalue weighted by Crippen LogP contribution is 2.44. The van der Waals surface area contributed by atoms with E-state index in [1.54, 1.807) is 12.1 Å². The minimum Gasteiger partial charge on any atom is -0.425 e. The normalized spacial score (nSPS) is 19.0. The number of allylic oxidation sites excluding steroid dienone is 1. The molecule has 0 spiro atoms. The van der Waals surface area contributed by atoms with Gasteiger partial charge in [0.2, 0.25) is 0 Å². The van der Waals surface area contributed by atoms with Gasteiger partial charge >= 0.3 is 5.97 Å². The van der Waals surface area contributed by atoms with Crippen LogP contribution in [0.25, 0.3) is 5.76 Å². The van der Waals surface area contributed by atoms with E-state index in [1.165, 1.54) is 0 Å². The van der Waals surface area contributed by atoms with Gasteiger partial charge in [0.15, 0.2) is 5.78 Å². The van der Waals surface area contributed by atoms with Crippen molar-refractivity contribution in [2.45, 2.75) is 19.3 Å². The highest BCUT2D eigenvalue weighted by atomic mass is 16.5. The molecule has 0 radical (unpaired) electrons. The quantitative estimate of drug-likeness (QED) is 0.423. The van der Waals surface area contributed by atoms with Gasteiger partial charge in [0.1, 0.15) is 5.76 Å². The van der Waals surface area contributed by atoms with E-state index in [0.29, 0.717) is 23.3 Å². The van der Waals surface area contributed by atoms with Crippen molar-refractivity contribution in [3.05, 3.63) is 113 Å². The van der Waals surface area contributed by atoms with Crippen LogP contribution in [0.3, 0.4) is 0 Å². The van der Waals surface area contributed by atoms with Gasteiger partial charge in [-0.05, 0) is 12.0 Å². The second kappa shape index (κ2) is 8.27. The number of carbonyl (C=O) groups is 2. The van der Waals surface area contributed by atoms with Crippen molar-refractivity contribution in [2.75, 3.05) is 0 Å².